The van der Waals surface area contributed by atoms with Crippen molar-refractivity contribution < 1.29 is 14.3 Å². The van der Waals surface area contributed by atoms with Crippen LogP contribution in [-0.2, 0) is 9.53 Å². The molecule has 2 heterocycles. The molecule has 0 spiro atoms. The van der Waals surface area contributed by atoms with Gasteiger partial charge in [0.2, 0.25) is 0 Å². The number of aliphatic imine (C=N–C) groups is 1. The number of para-hydroxylation sites is 1. The maximum absolute atomic E-state index is 13.2. The zero-order chi connectivity index (χ0) is 21.5. The number of carbonyl (C=O) groups excluding carboxylic acids is 1. The van der Waals surface area contributed by atoms with Crippen molar-refractivity contribution in [1.82, 2.24) is 9.80 Å². The van der Waals surface area contributed by atoms with Crippen LogP contribution < -0.4 is 4.74 Å². The standard InChI is InChI=1S/C24H27N3O3S/c1-29-21-10-8-19(9-11-21)18-22-23(28)27(13-5-12-26-14-16-30-17-15-26)24(31-22)25-20-6-3-2-4-7-20/h2-4,6-11,18H,5,12-17H2,1H3/b22-18-,25-24?. The lowest BCUT2D eigenvalue weighted by Crippen LogP contribution is -2.38. The lowest BCUT2D eigenvalue weighted by atomic mass is 10.2. The van der Waals surface area contributed by atoms with E-state index >= 15 is 0 Å². The van der Waals surface area contributed by atoms with Crippen molar-refractivity contribution in [2.45, 2.75) is 6.42 Å². The molecule has 0 bridgehead atoms. The summed E-state index contributed by atoms with van der Waals surface area (Å²) in [7, 11) is 1.64. The predicted molar refractivity (Wildman–Crippen MR) is 126 cm³/mol. The molecule has 2 saturated heterocycles. The van der Waals surface area contributed by atoms with Crippen LogP contribution in [0.25, 0.3) is 6.08 Å². The maximum Gasteiger partial charge on any atom is 0.266 e. The summed E-state index contributed by atoms with van der Waals surface area (Å²) in [5, 5.41) is 0.734. The van der Waals surface area contributed by atoms with Gasteiger partial charge in [0, 0.05) is 26.2 Å². The van der Waals surface area contributed by atoms with Crippen LogP contribution in [0.2, 0.25) is 0 Å². The third-order valence-corrected chi connectivity index (χ3v) is 6.25. The van der Waals surface area contributed by atoms with Crippen molar-refractivity contribution in [2.75, 3.05) is 46.5 Å². The molecule has 7 heteroatoms. The van der Waals surface area contributed by atoms with Crippen molar-refractivity contribution in [3.63, 3.8) is 0 Å². The van der Waals surface area contributed by atoms with Gasteiger partial charge in [0.15, 0.2) is 5.17 Å². The normalized spacial score (nSPS) is 20.0. The minimum atomic E-state index is 0.0116. The van der Waals surface area contributed by atoms with Gasteiger partial charge in [-0.25, -0.2) is 4.99 Å². The average molecular weight is 438 g/mol. The number of hydrogen-bond donors (Lipinski definition) is 0. The van der Waals surface area contributed by atoms with E-state index < -0.39 is 0 Å². The second-order valence-electron chi connectivity index (χ2n) is 7.38. The first-order valence-electron chi connectivity index (χ1n) is 10.5. The second-order valence-corrected chi connectivity index (χ2v) is 8.39. The second kappa shape index (κ2) is 10.6. The van der Waals surface area contributed by atoms with Gasteiger partial charge in [0.25, 0.3) is 5.91 Å². The Morgan fingerprint density at radius 3 is 2.52 bits per heavy atom. The van der Waals surface area contributed by atoms with Crippen LogP contribution in [0.15, 0.2) is 64.5 Å². The van der Waals surface area contributed by atoms with Crippen molar-refractivity contribution in [3.8, 4) is 5.75 Å². The zero-order valence-electron chi connectivity index (χ0n) is 17.7. The van der Waals surface area contributed by atoms with Gasteiger partial charge in [-0.15, -0.1) is 0 Å². The summed E-state index contributed by atoms with van der Waals surface area (Å²) in [5.74, 6) is 0.807. The molecule has 1 amide bonds. The molecule has 2 aliphatic rings. The summed E-state index contributed by atoms with van der Waals surface area (Å²) in [6.45, 7) is 5.08. The lowest BCUT2D eigenvalue weighted by molar-refractivity contribution is -0.122. The van der Waals surface area contributed by atoms with Gasteiger partial charge in [-0.2, -0.15) is 0 Å². The van der Waals surface area contributed by atoms with Gasteiger partial charge in [-0.1, -0.05) is 30.3 Å². The van der Waals surface area contributed by atoms with E-state index in [0.717, 1.165) is 61.4 Å². The molecule has 2 aromatic carbocycles. The summed E-state index contributed by atoms with van der Waals surface area (Å²) < 4.78 is 10.6. The lowest BCUT2D eigenvalue weighted by Gasteiger charge is -2.27. The number of hydrogen-bond acceptors (Lipinski definition) is 6. The molecule has 2 fully saturated rings. The first-order chi connectivity index (χ1) is 15.2. The Morgan fingerprint density at radius 1 is 1.06 bits per heavy atom. The summed E-state index contributed by atoms with van der Waals surface area (Å²) in [5.41, 5.74) is 1.81. The highest BCUT2D eigenvalue weighted by Crippen LogP contribution is 2.34. The van der Waals surface area contributed by atoms with Gasteiger partial charge in [-0.05, 0) is 54.1 Å². The topological polar surface area (TPSA) is 54.4 Å². The van der Waals surface area contributed by atoms with Crippen LogP contribution in [-0.4, -0.2) is 67.4 Å². The van der Waals surface area contributed by atoms with E-state index in [1.54, 1.807) is 7.11 Å². The van der Waals surface area contributed by atoms with Crippen LogP contribution in [0.4, 0.5) is 5.69 Å². The molecule has 0 saturated carbocycles. The molecule has 31 heavy (non-hydrogen) atoms. The summed E-state index contributed by atoms with van der Waals surface area (Å²) in [6.07, 6.45) is 2.82. The van der Waals surface area contributed by atoms with E-state index in [1.165, 1.54) is 11.8 Å². The van der Waals surface area contributed by atoms with Crippen molar-refractivity contribution in [3.05, 3.63) is 65.1 Å². The number of amidine groups is 1. The predicted octanol–water partition coefficient (Wildman–Crippen LogP) is 4.02. The monoisotopic (exact) mass is 437 g/mol. The Balaban J connectivity index is 1.51. The number of rotatable bonds is 7. The zero-order valence-corrected chi connectivity index (χ0v) is 18.5. The van der Waals surface area contributed by atoms with Crippen LogP contribution >= 0.6 is 11.8 Å². The van der Waals surface area contributed by atoms with Gasteiger partial charge in [-0.3, -0.25) is 14.6 Å². The SMILES string of the molecule is COc1ccc(/C=C2\SC(=Nc3ccccc3)N(CCCN3CCOCC3)C2=O)cc1. The van der Waals surface area contributed by atoms with E-state index in [4.69, 9.17) is 14.5 Å². The number of amides is 1. The highest BCUT2D eigenvalue weighted by Gasteiger charge is 2.33. The fourth-order valence-corrected chi connectivity index (χ4v) is 4.55. The molecule has 0 N–H and O–H groups in total. The van der Waals surface area contributed by atoms with Crippen LogP contribution in [0.1, 0.15) is 12.0 Å². The molecule has 6 nitrogen and oxygen atoms in total. The van der Waals surface area contributed by atoms with Crippen LogP contribution in [0, 0.1) is 0 Å². The quantitative estimate of drug-likeness (QED) is 0.613. The van der Waals surface area contributed by atoms with Crippen molar-refractivity contribution in [1.29, 1.82) is 0 Å². The first-order valence-corrected chi connectivity index (χ1v) is 11.3. The molecule has 0 atom stereocenters. The molecular weight excluding hydrogens is 410 g/mol. The number of carbonyl (C=O) groups is 1. The van der Waals surface area contributed by atoms with Gasteiger partial charge >= 0.3 is 0 Å². The molecule has 2 aromatic rings. The fraction of sp³-hybridized carbons (Fsp3) is 0.333. The largest absolute Gasteiger partial charge is 0.497 e. The average Bonchev–Trinajstić information content (AvgIpc) is 3.10. The Hall–Kier alpha value is -2.61. The highest BCUT2D eigenvalue weighted by molar-refractivity contribution is 8.18. The van der Waals surface area contributed by atoms with E-state index in [1.807, 2.05) is 65.6 Å². The Morgan fingerprint density at radius 2 is 1.81 bits per heavy atom. The molecule has 0 unspecified atom stereocenters. The van der Waals surface area contributed by atoms with Crippen molar-refractivity contribution >= 4 is 34.6 Å². The van der Waals surface area contributed by atoms with Crippen LogP contribution in [0.5, 0.6) is 5.75 Å². The third kappa shape index (κ3) is 5.76. The fourth-order valence-electron chi connectivity index (χ4n) is 3.53. The molecule has 0 aromatic heterocycles. The van der Waals surface area contributed by atoms with Gasteiger partial charge in [0.05, 0.1) is 30.9 Å². The Kier molecular flexibility index (Phi) is 7.40. The Labute approximate surface area is 187 Å². The van der Waals surface area contributed by atoms with E-state index in [-0.39, 0.29) is 5.91 Å². The molecule has 162 valence electrons. The van der Waals surface area contributed by atoms with Crippen LogP contribution in [0.3, 0.4) is 0 Å². The number of morpholine rings is 1. The number of nitrogens with zero attached hydrogens (tertiary/aromatic N) is 3. The molecular formula is C24H27N3O3S. The first kappa shape index (κ1) is 21.6. The summed E-state index contributed by atoms with van der Waals surface area (Å²) in [6, 6.07) is 17.5. The maximum atomic E-state index is 13.2. The summed E-state index contributed by atoms with van der Waals surface area (Å²) >= 11 is 1.44. The van der Waals surface area contributed by atoms with E-state index in [0.29, 0.717) is 11.4 Å². The van der Waals surface area contributed by atoms with E-state index in [9.17, 15) is 4.79 Å². The third-order valence-electron chi connectivity index (χ3n) is 5.24. The number of ether oxygens (including phenoxy) is 2. The number of thioether (sulfide) groups is 1. The minimum Gasteiger partial charge on any atom is -0.497 e. The molecule has 0 aliphatic carbocycles. The number of benzene rings is 2. The van der Waals surface area contributed by atoms with E-state index in [2.05, 4.69) is 4.90 Å². The summed E-state index contributed by atoms with van der Waals surface area (Å²) in [4.78, 5) is 22.9. The van der Waals surface area contributed by atoms with Gasteiger partial charge in [0.1, 0.15) is 5.75 Å². The number of methoxy groups -OCH3 is 1. The van der Waals surface area contributed by atoms with Gasteiger partial charge < -0.3 is 9.47 Å². The molecule has 0 radical (unpaired) electrons. The molecule has 2 aliphatic heterocycles. The minimum absolute atomic E-state index is 0.0116. The molecule has 4 rings (SSSR count). The van der Waals surface area contributed by atoms with Crippen molar-refractivity contribution in [2.24, 2.45) is 4.99 Å². The smallest absolute Gasteiger partial charge is 0.266 e. The Bertz CT molecular complexity index is 938. The highest BCUT2D eigenvalue weighted by atomic mass is 32.2.